The van der Waals surface area contributed by atoms with Crippen molar-refractivity contribution in [3.8, 4) is 0 Å². The lowest BCUT2D eigenvalue weighted by molar-refractivity contribution is -0.270. The van der Waals surface area contributed by atoms with Gasteiger partial charge in [-0.05, 0) is 19.3 Å². The van der Waals surface area contributed by atoms with Crippen molar-refractivity contribution in [3.63, 3.8) is 0 Å². The Labute approximate surface area is 175 Å². The van der Waals surface area contributed by atoms with Gasteiger partial charge in [-0.3, -0.25) is 9.59 Å². The van der Waals surface area contributed by atoms with Crippen LogP contribution in [-0.2, 0) is 19.1 Å². The number of likely N-dealkylation sites (tertiary alicyclic amines) is 1. The van der Waals surface area contributed by atoms with Gasteiger partial charge in [0.1, 0.15) is 24.4 Å². The Morgan fingerprint density at radius 3 is 2.47 bits per heavy atom. The summed E-state index contributed by atoms with van der Waals surface area (Å²) in [6, 6.07) is -1.30. The lowest BCUT2D eigenvalue weighted by Crippen LogP contribution is -2.64. The molecule has 6 N–H and O–H groups in total. The first kappa shape index (κ1) is 24.9. The first-order valence-electron chi connectivity index (χ1n) is 10.4. The molecule has 5 unspecified atom stereocenters. The van der Waals surface area contributed by atoms with E-state index in [1.165, 1.54) is 11.8 Å². The Morgan fingerprint density at radius 1 is 1.10 bits per heavy atom. The van der Waals surface area contributed by atoms with Crippen LogP contribution in [0.1, 0.15) is 39.0 Å². The highest BCUT2D eigenvalue weighted by atomic mass is 16.7. The zero-order valence-corrected chi connectivity index (χ0v) is 17.2. The molecule has 2 saturated heterocycles. The van der Waals surface area contributed by atoms with Crippen LogP contribution in [0.25, 0.3) is 0 Å². The van der Waals surface area contributed by atoms with Crippen molar-refractivity contribution < 1.29 is 44.6 Å². The average Bonchev–Trinajstić information content (AvgIpc) is 3.10. The Morgan fingerprint density at radius 2 is 1.83 bits per heavy atom. The summed E-state index contributed by atoms with van der Waals surface area (Å²) in [7, 11) is 0. The molecule has 7 atom stereocenters. The van der Waals surface area contributed by atoms with Crippen molar-refractivity contribution in [1.82, 2.24) is 10.2 Å². The molecule has 2 amide bonds. The van der Waals surface area contributed by atoms with E-state index in [4.69, 9.17) is 9.47 Å². The summed E-state index contributed by atoms with van der Waals surface area (Å²) in [5.41, 5.74) is 0. The maximum Gasteiger partial charge on any atom is 0.222 e. The molecule has 0 saturated carbocycles. The van der Waals surface area contributed by atoms with Crippen LogP contribution in [0.3, 0.4) is 0 Å². The number of carbonyl (C=O) groups is 2. The number of β-amino-alcohol motifs (C(OH)–C–C–N with tert-alkyl or cyclic N) is 1. The Bertz CT molecular complexity index is 564. The van der Waals surface area contributed by atoms with Gasteiger partial charge in [0.05, 0.1) is 25.4 Å². The fraction of sp³-hybridized carbons (Fsp3) is 0.895. The van der Waals surface area contributed by atoms with Crippen LogP contribution in [-0.4, -0.2) is 111 Å². The molecule has 30 heavy (non-hydrogen) atoms. The van der Waals surface area contributed by atoms with Crippen molar-refractivity contribution in [3.05, 3.63) is 0 Å². The molecule has 0 aromatic heterocycles. The molecule has 0 spiro atoms. The van der Waals surface area contributed by atoms with E-state index in [1.54, 1.807) is 0 Å². The number of aliphatic hydroxyl groups is 5. The number of hydrogen-bond acceptors (Lipinski definition) is 9. The fourth-order valence-corrected chi connectivity index (χ4v) is 3.88. The van der Waals surface area contributed by atoms with Gasteiger partial charge in [0, 0.05) is 26.5 Å². The quantitative estimate of drug-likeness (QED) is 0.203. The second-order valence-electron chi connectivity index (χ2n) is 7.89. The number of rotatable bonds is 10. The van der Waals surface area contributed by atoms with Gasteiger partial charge in [-0.15, -0.1) is 0 Å². The highest BCUT2D eigenvalue weighted by Crippen LogP contribution is 2.23. The van der Waals surface area contributed by atoms with E-state index in [1.807, 2.05) is 0 Å². The third-order valence-corrected chi connectivity index (χ3v) is 5.49. The number of carbonyl (C=O) groups excluding carboxylic acids is 2. The summed E-state index contributed by atoms with van der Waals surface area (Å²) >= 11 is 0. The van der Waals surface area contributed by atoms with Crippen molar-refractivity contribution in [2.24, 2.45) is 0 Å². The van der Waals surface area contributed by atoms with Crippen LogP contribution in [0.5, 0.6) is 0 Å². The Kier molecular flexibility index (Phi) is 9.88. The van der Waals surface area contributed by atoms with E-state index < -0.39 is 49.3 Å². The predicted molar refractivity (Wildman–Crippen MR) is 103 cm³/mol. The molecule has 11 heteroatoms. The smallest absolute Gasteiger partial charge is 0.222 e. The summed E-state index contributed by atoms with van der Waals surface area (Å²) in [6.07, 6.45) is -2.78. The van der Waals surface area contributed by atoms with Crippen LogP contribution >= 0.6 is 0 Å². The first-order valence-corrected chi connectivity index (χ1v) is 10.4. The van der Waals surface area contributed by atoms with Gasteiger partial charge in [0.15, 0.2) is 6.29 Å². The maximum atomic E-state index is 12.3. The van der Waals surface area contributed by atoms with E-state index in [0.29, 0.717) is 32.1 Å². The Hall–Kier alpha value is -1.34. The summed E-state index contributed by atoms with van der Waals surface area (Å²) in [6.45, 7) is 1.08. The minimum absolute atomic E-state index is 0.101. The van der Waals surface area contributed by atoms with Crippen molar-refractivity contribution in [2.45, 2.75) is 81.8 Å². The van der Waals surface area contributed by atoms with Crippen LogP contribution < -0.4 is 5.32 Å². The summed E-state index contributed by atoms with van der Waals surface area (Å²) in [4.78, 5) is 25.2. The standard InChI is InChI=1S/C19H34N2O9/c1-11(24)20-16-18(28)17(27)14(10-23)30-19(16)29-6-4-2-3-5-15(26)21-8-13(25)7-12(21)9-22/h12-14,16-19,22-23,25,27-28H,2-10H2,1H3,(H,20,24)/t12-,13+,14?,16?,17?,18?,19?/m0/s1. The molecule has 2 heterocycles. The largest absolute Gasteiger partial charge is 0.394 e. The van der Waals surface area contributed by atoms with Gasteiger partial charge in [-0.1, -0.05) is 6.42 Å². The second kappa shape index (κ2) is 11.9. The normalized spacial score (nSPS) is 34.2. The molecule has 2 aliphatic heterocycles. The van der Waals surface area contributed by atoms with E-state index >= 15 is 0 Å². The molecular weight excluding hydrogens is 400 g/mol. The monoisotopic (exact) mass is 434 g/mol. The lowest BCUT2D eigenvalue weighted by Gasteiger charge is -2.42. The molecule has 0 aromatic rings. The molecule has 0 bridgehead atoms. The van der Waals surface area contributed by atoms with Crippen molar-refractivity contribution in [1.29, 1.82) is 0 Å². The number of nitrogens with one attached hydrogen (secondary N) is 1. The molecule has 2 aliphatic rings. The van der Waals surface area contributed by atoms with Crippen LogP contribution in [0.2, 0.25) is 0 Å². The van der Waals surface area contributed by atoms with Gasteiger partial charge in [-0.2, -0.15) is 0 Å². The predicted octanol–water partition coefficient (Wildman–Crippen LogP) is -2.54. The lowest BCUT2D eigenvalue weighted by atomic mass is 9.97. The van der Waals surface area contributed by atoms with Crippen LogP contribution in [0, 0.1) is 0 Å². The molecule has 0 radical (unpaired) electrons. The van der Waals surface area contributed by atoms with Crippen LogP contribution in [0.15, 0.2) is 0 Å². The maximum absolute atomic E-state index is 12.3. The van der Waals surface area contributed by atoms with Gasteiger partial charge in [0.25, 0.3) is 0 Å². The molecule has 0 aromatic carbocycles. The van der Waals surface area contributed by atoms with E-state index in [2.05, 4.69) is 5.32 Å². The highest BCUT2D eigenvalue weighted by molar-refractivity contribution is 5.77. The summed E-state index contributed by atoms with van der Waals surface area (Å²) in [5, 5.41) is 50.9. The molecular formula is C19H34N2O9. The summed E-state index contributed by atoms with van der Waals surface area (Å²) in [5.74, 6) is -0.520. The Balaban J connectivity index is 1.72. The number of aliphatic hydroxyl groups excluding tert-OH is 5. The van der Waals surface area contributed by atoms with E-state index in [9.17, 15) is 35.1 Å². The molecule has 0 aliphatic carbocycles. The van der Waals surface area contributed by atoms with E-state index in [-0.39, 0.29) is 31.7 Å². The molecule has 174 valence electrons. The minimum atomic E-state index is -1.36. The SMILES string of the molecule is CC(=O)NC1C(OCCCCCC(=O)N2C[C@H](O)C[C@H]2CO)OC(CO)C(O)C1O. The summed E-state index contributed by atoms with van der Waals surface area (Å²) < 4.78 is 11.1. The van der Waals surface area contributed by atoms with Gasteiger partial charge < -0.3 is 45.2 Å². The zero-order chi connectivity index (χ0) is 22.3. The van der Waals surface area contributed by atoms with E-state index in [0.717, 1.165) is 0 Å². The van der Waals surface area contributed by atoms with Gasteiger partial charge in [-0.25, -0.2) is 0 Å². The van der Waals surface area contributed by atoms with Crippen molar-refractivity contribution >= 4 is 11.8 Å². The molecule has 2 fully saturated rings. The van der Waals surface area contributed by atoms with Crippen molar-refractivity contribution in [2.75, 3.05) is 26.4 Å². The number of nitrogens with zero attached hydrogens (tertiary/aromatic N) is 1. The average molecular weight is 434 g/mol. The van der Waals surface area contributed by atoms with Gasteiger partial charge >= 0.3 is 0 Å². The van der Waals surface area contributed by atoms with Crippen LogP contribution in [0.4, 0.5) is 0 Å². The van der Waals surface area contributed by atoms with Gasteiger partial charge in [0.2, 0.25) is 11.8 Å². The fourth-order valence-electron chi connectivity index (χ4n) is 3.88. The molecule has 11 nitrogen and oxygen atoms in total. The number of amides is 2. The first-order chi connectivity index (χ1) is 14.3. The third kappa shape index (κ3) is 6.58. The number of hydrogen-bond donors (Lipinski definition) is 6. The molecule has 2 rings (SSSR count). The third-order valence-electron chi connectivity index (χ3n) is 5.49. The zero-order valence-electron chi connectivity index (χ0n) is 17.2. The second-order valence-corrected chi connectivity index (χ2v) is 7.89. The number of unbranched alkanes of at least 4 members (excludes halogenated alkanes) is 2. The highest BCUT2D eigenvalue weighted by Gasteiger charge is 2.45. The topological polar surface area (TPSA) is 169 Å². The number of ether oxygens (including phenoxy) is 2. The minimum Gasteiger partial charge on any atom is -0.394 e.